The van der Waals surface area contributed by atoms with Crippen molar-refractivity contribution in [3.8, 4) is 40.5 Å². The zero-order chi connectivity index (χ0) is 26.2. The van der Waals surface area contributed by atoms with Gasteiger partial charge in [-0.15, -0.1) is 11.8 Å². The predicted octanol–water partition coefficient (Wildman–Crippen LogP) is 4.87. The molecule has 0 aliphatic carbocycles. The van der Waals surface area contributed by atoms with Gasteiger partial charge in [-0.2, -0.15) is 10.5 Å². The summed E-state index contributed by atoms with van der Waals surface area (Å²) in [4.78, 5) is 16.6. The van der Waals surface area contributed by atoms with Gasteiger partial charge in [0.05, 0.1) is 26.9 Å². The third kappa shape index (κ3) is 5.74. The summed E-state index contributed by atoms with van der Waals surface area (Å²) in [5.41, 5.74) is 7.64. The van der Waals surface area contributed by atoms with Gasteiger partial charge in [-0.3, -0.25) is 4.79 Å². The van der Waals surface area contributed by atoms with Crippen molar-refractivity contribution in [2.24, 2.45) is 0 Å². The maximum atomic E-state index is 12.4. The molecule has 2 aromatic carbocycles. The van der Waals surface area contributed by atoms with Crippen LogP contribution in [0.1, 0.15) is 17.5 Å². The molecule has 3 N–H and O–H groups in total. The number of rotatable bonds is 9. The number of nitrogens with two attached hydrogens (primary N) is 1. The molecule has 0 spiro atoms. The van der Waals surface area contributed by atoms with Gasteiger partial charge in [-0.05, 0) is 35.9 Å². The molecule has 3 aromatic rings. The predicted molar refractivity (Wildman–Crippen MR) is 139 cm³/mol. The number of nitrogen functional groups attached to an aromatic ring is 1. The van der Waals surface area contributed by atoms with E-state index in [2.05, 4.69) is 16.4 Å². The summed E-state index contributed by atoms with van der Waals surface area (Å²) >= 11 is 7.14. The van der Waals surface area contributed by atoms with Crippen LogP contribution in [0, 0.1) is 22.7 Å². The first-order chi connectivity index (χ1) is 17.4. The number of ether oxygens (including phenoxy) is 3. The Morgan fingerprint density at radius 1 is 1.08 bits per heavy atom. The van der Waals surface area contributed by atoms with Crippen molar-refractivity contribution in [1.82, 2.24) is 4.98 Å². The normalized spacial score (nSPS) is 10.2. The summed E-state index contributed by atoms with van der Waals surface area (Å²) in [6.45, 7) is 0. The third-order valence-electron chi connectivity index (χ3n) is 5.05. The van der Waals surface area contributed by atoms with E-state index >= 15 is 0 Å². The maximum Gasteiger partial charge on any atom is 0.225 e. The van der Waals surface area contributed by atoms with E-state index in [-0.39, 0.29) is 34.8 Å². The number of thioether (sulfide) groups is 1. The topological polar surface area (TPSA) is 143 Å². The molecule has 1 amide bonds. The summed E-state index contributed by atoms with van der Waals surface area (Å²) in [6, 6.07) is 14.3. The van der Waals surface area contributed by atoms with Crippen LogP contribution >= 0.6 is 23.4 Å². The highest BCUT2D eigenvalue weighted by molar-refractivity contribution is 7.99. The first-order valence-corrected chi connectivity index (χ1v) is 11.8. The van der Waals surface area contributed by atoms with Crippen LogP contribution in [0.5, 0.6) is 17.2 Å². The molecular formula is C25H22ClN5O4S. The second-order valence-electron chi connectivity index (χ2n) is 7.22. The largest absolute Gasteiger partial charge is 0.493 e. The number of carbonyl (C=O) groups excluding carboxylic acids is 1. The monoisotopic (exact) mass is 523 g/mol. The fraction of sp³-hybridized carbons (Fsp3) is 0.200. The minimum absolute atomic E-state index is 0.0360. The molecule has 0 bridgehead atoms. The standard InChI is InChI=1S/C25H22ClN5O4S/c1-33-19-9-14(10-20(34-2)23(19)35-3)22-17(12-27)24(29)31-25(18(22)13-28)36-8-7-21(32)30-16-6-4-5-15(26)11-16/h4-6,9-11H,7-8H2,1-3H3,(H2,29,31)(H,30,32). The Hall–Kier alpha value is -4.12. The summed E-state index contributed by atoms with van der Waals surface area (Å²) in [6.07, 6.45) is 0.142. The number of halogens is 1. The quantitative estimate of drug-likeness (QED) is 0.375. The van der Waals surface area contributed by atoms with E-state index in [1.807, 2.05) is 6.07 Å². The van der Waals surface area contributed by atoms with Gasteiger partial charge in [-0.25, -0.2) is 4.98 Å². The summed E-state index contributed by atoms with van der Waals surface area (Å²) in [5, 5.41) is 23.4. The van der Waals surface area contributed by atoms with Crippen LogP contribution < -0.4 is 25.3 Å². The van der Waals surface area contributed by atoms with E-state index in [0.29, 0.717) is 44.3 Å². The average Bonchev–Trinajstić information content (AvgIpc) is 2.87. The Balaban J connectivity index is 1.95. The second-order valence-corrected chi connectivity index (χ2v) is 8.74. The van der Waals surface area contributed by atoms with E-state index in [9.17, 15) is 15.3 Å². The number of nitrogens with one attached hydrogen (secondary N) is 1. The third-order valence-corrected chi connectivity index (χ3v) is 6.26. The molecule has 36 heavy (non-hydrogen) atoms. The lowest BCUT2D eigenvalue weighted by Gasteiger charge is -2.17. The molecule has 184 valence electrons. The number of nitriles is 2. The number of nitrogens with zero attached hydrogens (tertiary/aromatic N) is 3. The van der Waals surface area contributed by atoms with Crippen molar-refractivity contribution in [1.29, 1.82) is 10.5 Å². The lowest BCUT2D eigenvalue weighted by Crippen LogP contribution is -2.12. The summed E-state index contributed by atoms with van der Waals surface area (Å²) < 4.78 is 16.2. The van der Waals surface area contributed by atoms with Crippen LogP contribution in [0.15, 0.2) is 41.4 Å². The molecular weight excluding hydrogens is 502 g/mol. The molecule has 0 fully saturated rings. The molecule has 0 saturated heterocycles. The Morgan fingerprint density at radius 3 is 2.31 bits per heavy atom. The van der Waals surface area contributed by atoms with Crippen LogP contribution in [-0.2, 0) is 4.79 Å². The number of anilines is 2. The number of carbonyl (C=O) groups is 1. The van der Waals surface area contributed by atoms with E-state index < -0.39 is 0 Å². The van der Waals surface area contributed by atoms with E-state index in [4.69, 9.17) is 31.5 Å². The van der Waals surface area contributed by atoms with Gasteiger partial charge in [0.2, 0.25) is 11.7 Å². The number of amides is 1. The number of hydrogen-bond donors (Lipinski definition) is 2. The molecule has 0 atom stereocenters. The van der Waals surface area contributed by atoms with Crippen molar-refractivity contribution in [3.05, 3.63) is 52.5 Å². The van der Waals surface area contributed by atoms with E-state index in [0.717, 1.165) is 0 Å². The number of benzene rings is 2. The first kappa shape index (κ1) is 26.5. The highest BCUT2D eigenvalue weighted by Crippen LogP contribution is 2.44. The van der Waals surface area contributed by atoms with Crippen LogP contribution in [0.4, 0.5) is 11.5 Å². The number of aromatic nitrogens is 1. The van der Waals surface area contributed by atoms with Crippen LogP contribution in [0.25, 0.3) is 11.1 Å². The fourth-order valence-electron chi connectivity index (χ4n) is 3.45. The van der Waals surface area contributed by atoms with Gasteiger partial charge < -0.3 is 25.3 Å². The van der Waals surface area contributed by atoms with E-state index in [1.54, 1.807) is 36.4 Å². The van der Waals surface area contributed by atoms with Gasteiger partial charge in [0, 0.05) is 28.4 Å². The second kappa shape index (κ2) is 12.0. The molecule has 0 saturated carbocycles. The molecule has 11 heteroatoms. The molecule has 1 heterocycles. The Labute approximate surface area is 217 Å². The average molecular weight is 524 g/mol. The van der Waals surface area contributed by atoms with Crippen molar-refractivity contribution >= 4 is 40.8 Å². The zero-order valence-electron chi connectivity index (χ0n) is 19.7. The Kier molecular flexibility index (Phi) is 8.85. The van der Waals surface area contributed by atoms with Crippen molar-refractivity contribution in [2.45, 2.75) is 11.4 Å². The molecule has 1 aromatic heterocycles. The highest BCUT2D eigenvalue weighted by atomic mass is 35.5. The molecule has 0 unspecified atom stereocenters. The maximum absolute atomic E-state index is 12.4. The molecule has 9 nitrogen and oxygen atoms in total. The van der Waals surface area contributed by atoms with Gasteiger partial charge in [0.15, 0.2) is 11.5 Å². The molecule has 3 rings (SSSR count). The van der Waals surface area contributed by atoms with Crippen molar-refractivity contribution in [2.75, 3.05) is 38.1 Å². The van der Waals surface area contributed by atoms with Crippen molar-refractivity contribution < 1.29 is 19.0 Å². The van der Waals surface area contributed by atoms with Gasteiger partial charge >= 0.3 is 0 Å². The Bertz CT molecular complexity index is 1360. The lowest BCUT2D eigenvalue weighted by molar-refractivity contribution is -0.115. The SMILES string of the molecule is COc1cc(-c2c(C#N)c(N)nc(SCCC(=O)Nc3cccc(Cl)c3)c2C#N)cc(OC)c1OC. The van der Waals surface area contributed by atoms with Gasteiger partial charge in [-0.1, -0.05) is 17.7 Å². The zero-order valence-corrected chi connectivity index (χ0v) is 21.3. The van der Waals surface area contributed by atoms with E-state index in [1.165, 1.54) is 33.1 Å². The summed E-state index contributed by atoms with van der Waals surface area (Å²) in [5.74, 6) is 1.11. The Morgan fingerprint density at radius 2 is 1.75 bits per heavy atom. The fourth-order valence-corrected chi connectivity index (χ4v) is 4.57. The smallest absolute Gasteiger partial charge is 0.225 e. The highest BCUT2D eigenvalue weighted by Gasteiger charge is 2.23. The summed E-state index contributed by atoms with van der Waals surface area (Å²) in [7, 11) is 4.41. The van der Waals surface area contributed by atoms with Crippen LogP contribution in [0.3, 0.4) is 0 Å². The molecule has 0 radical (unpaired) electrons. The minimum Gasteiger partial charge on any atom is -0.493 e. The van der Waals surface area contributed by atoms with Crippen molar-refractivity contribution in [3.63, 3.8) is 0 Å². The molecule has 0 aliphatic rings. The molecule has 0 aliphatic heterocycles. The van der Waals surface area contributed by atoms with Crippen LogP contribution in [-0.4, -0.2) is 38.0 Å². The van der Waals surface area contributed by atoms with Gasteiger partial charge in [0.1, 0.15) is 28.5 Å². The van der Waals surface area contributed by atoms with Crippen LogP contribution in [0.2, 0.25) is 5.02 Å². The van der Waals surface area contributed by atoms with Gasteiger partial charge in [0.25, 0.3) is 0 Å². The number of hydrogen-bond acceptors (Lipinski definition) is 9. The lowest BCUT2D eigenvalue weighted by atomic mass is 9.96. The number of methoxy groups -OCH3 is 3. The first-order valence-electron chi connectivity index (χ1n) is 10.5. The minimum atomic E-state index is -0.227. The number of pyridine rings is 1.